The van der Waals surface area contributed by atoms with E-state index in [-0.39, 0.29) is 5.91 Å². The summed E-state index contributed by atoms with van der Waals surface area (Å²) in [6.07, 6.45) is 5.55. The lowest BCUT2D eigenvalue weighted by atomic mass is 10.1. The van der Waals surface area contributed by atoms with Crippen LogP contribution in [0.2, 0.25) is 0 Å². The number of hydrogen-bond acceptors (Lipinski definition) is 6. The second kappa shape index (κ2) is 8.05. The van der Waals surface area contributed by atoms with Crippen LogP contribution in [0.3, 0.4) is 0 Å². The van der Waals surface area contributed by atoms with Crippen LogP contribution in [0, 0.1) is 6.92 Å². The van der Waals surface area contributed by atoms with E-state index >= 15 is 0 Å². The third kappa shape index (κ3) is 4.21. The number of aryl methyl sites for hydroxylation is 2. The van der Waals surface area contributed by atoms with Gasteiger partial charge in [0.25, 0.3) is 11.8 Å². The van der Waals surface area contributed by atoms with Crippen LogP contribution in [0.5, 0.6) is 0 Å². The fourth-order valence-electron chi connectivity index (χ4n) is 2.87. The molecule has 8 heteroatoms. The first kappa shape index (κ1) is 18.5. The quantitative estimate of drug-likeness (QED) is 0.545. The van der Waals surface area contributed by atoms with Gasteiger partial charge in [0, 0.05) is 30.9 Å². The molecule has 0 fully saturated rings. The Bertz CT molecular complexity index is 1150. The van der Waals surface area contributed by atoms with Gasteiger partial charge in [-0.2, -0.15) is 4.98 Å². The molecule has 4 rings (SSSR count). The molecule has 3 aromatic heterocycles. The van der Waals surface area contributed by atoms with Crippen LogP contribution in [0.15, 0.2) is 59.6 Å². The second-order valence-corrected chi connectivity index (χ2v) is 6.61. The summed E-state index contributed by atoms with van der Waals surface area (Å²) in [6.45, 7) is 4.42. The van der Waals surface area contributed by atoms with Gasteiger partial charge in [-0.15, -0.1) is 0 Å². The fraction of sp³-hybridized carbons (Fsp3) is 0.190. The minimum atomic E-state index is -0.245. The highest BCUT2D eigenvalue weighted by atomic mass is 16.5. The Labute approximate surface area is 167 Å². The minimum Gasteiger partial charge on any atom is -0.347 e. The predicted molar refractivity (Wildman–Crippen MR) is 106 cm³/mol. The average Bonchev–Trinajstić information content (AvgIpc) is 3.42. The number of carbonyl (C=O) groups is 1. The van der Waals surface area contributed by atoms with Crippen LogP contribution in [-0.4, -0.2) is 30.6 Å². The molecular formula is C21H20N6O2. The van der Waals surface area contributed by atoms with E-state index in [1.807, 2.05) is 44.2 Å². The molecule has 0 saturated heterocycles. The summed E-state index contributed by atoms with van der Waals surface area (Å²) in [6, 6.07) is 11.6. The first-order valence-electron chi connectivity index (χ1n) is 9.29. The van der Waals surface area contributed by atoms with Gasteiger partial charge < -0.3 is 9.84 Å². The number of benzene rings is 1. The van der Waals surface area contributed by atoms with Crippen LogP contribution in [-0.2, 0) is 13.0 Å². The third-order valence-electron chi connectivity index (χ3n) is 4.39. The lowest BCUT2D eigenvalue weighted by Crippen LogP contribution is -2.23. The zero-order chi connectivity index (χ0) is 20.2. The number of nitrogens with one attached hydrogen (secondary N) is 1. The average molecular weight is 388 g/mol. The summed E-state index contributed by atoms with van der Waals surface area (Å²) in [5.41, 5.74) is 3.26. The molecule has 1 N–H and O–H groups in total. The number of amides is 1. The van der Waals surface area contributed by atoms with Crippen molar-refractivity contribution in [2.75, 3.05) is 0 Å². The molecule has 8 nitrogen and oxygen atoms in total. The van der Waals surface area contributed by atoms with Crippen molar-refractivity contribution >= 4 is 5.91 Å². The van der Waals surface area contributed by atoms with E-state index in [2.05, 4.69) is 25.4 Å². The Morgan fingerprint density at radius 2 is 2.10 bits per heavy atom. The van der Waals surface area contributed by atoms with E-state index in [0.717, 1.165) is 16.7 Å². The number of nitrogens with zero attached hydrogens (tertiary/aromatic N) is 5. The zero-order valence-electron chi connectivity index (χ0n) is 16.2. The van der Waals surface area contributed by atoms with Gasteiger partial charge in [-0.05, 0) is 24.6 Å². The molecule has 0 radical (unpaired) electrons. The van der Waals surface area contributed by atoms with E-state index in [1.54, 1.807) is 29.4 Å². The van der Waals surface area contributed by atoms with Crippen molar-refractivity contribution in [3.05, 3.63) is 77.8 Å². The SMILES string of the molecule is CCc1noc(-c2ccnc(-n3cnc(C(=O)NCc4cccc(C)c4)c3)c2)n1. The van der Waals surface area contributed by atoms with Gasteiger partial charge in [0.2, 0.25) is 0 Å². The maximum Gasteiger partial charge on any atom is 0.271 e. The minimum absolute atomic E-state index is 0.245. The molecule has 1 amide bonds. The standard InChI is InChI=1S/C21H20N6O2/c1-3-18-25-21(29-26-18)16-7-8-22-19(10-16)27-12-17(24-13-27)20(28)23-11-15-6-4-5-14(2)9-15/h4-10,12-13H,3,11H2,1-2H3,(H,23,28). The number of carbonyl (C=O) groups excluding carboxylic acids is 1. The van der Waals surface area contributed by atoms with Crippen LogP contribution in [0.25, 0.3) is 17.3 Å². The summed E-state index contributed by atoms with van der Waals surface area (Å²) < 4.78 is 6.96. The Hall–Kier alpha value is -3.81. The Kier molecular flexibility index (Phi) is 5.15. The Morgan fingerprint density at radius 3 is 2.90 bits per heavy atom. The maximum absolute atomic E-state index is 12.4. The van der Waals surface area contributed by atoms with Crippen molar-refractivity contribution in [1.82, 2.24) is 30.0 Å². The van der Waals surface area contributed by atoms with E-state index in [0.29, 0.717) is 36.2 Å². The highest BCUT2D eigenvalue weighted by molar-refractivity contribution is 5.92. The molecule has 0 aliphatic carbocycles. The predicted octanol–water partition coefficient (Wildman–Crippen LogP) is 3.12. The molecule has 4 aromatic rings. The molecule has 0 aliphatic rings. The van der Waals surface area contributed by atoms with Gasteiger partial charge >= 0.3 is 0 Å². The smallest absolute Gasteiger partial charge is 0.271 e. The Balaban J connectivity index is 1.48. The summed E-state index contributed by atoms with van der Waals surface area (Å²) in [7, 11) is 0. The lowest BCUT2D eigenvalue weighted by Gasteiger charge is -2.04. The van der Waals surface area contributed by atoms with Gasteiger partial charge in [-0.3, -0.25) is 9.36 Å². The highest BCUT2D eigenvalue weighted by Gasteiger charge is 2.13. The normalized spacial score (nSPS) is 10.8. The summed E-state index contributed by atoms with van der Waals surface area (Å²) in [5, 5.41) is 6.80. The van der Waals surface area contributed by atoms with Gasteiger partial charge in [-0.1, -0.05) is 41.9 Å². The first-order valence-corrected chi connectivity index (χ1v) is 9.29. The number of rotatable bonds is 6. The highest BCUT2D eigenvalue weighted by Crippen LogP contribution is 2.19. The third-order valence-corrected chi connectivity index (χ3v) is 4.39. The molecule has 0 bridgehead atoms. The van der Waals surface area contributed by atoms with Crippen molar-refractivity contribution in [2.45, 2.75) is 26.8 Å². The van der Waals surface area contributed by atoms with Crippen molar-refractivity contribution in [2.24, 2.45) is 0 Å². The second-order valence-electron chi connectivity index (χ2n) is 6.61. The fourth-order valence-corrected chi connectivity index (χ4v) is 2.87. The largest absolute Gasteiger partial charge is 0.347 e. The molecule has 3 heterocycles. The molecule has 0 spiro atoms. The van der Waals surface area contributed by atoms with E-state index < -0.39 is 0 Å². The van der Waals surface area contributed by atoms with E-state index in [9.17, 15) is 4.79 Å². The molecule has 146 valence electrons. The zero-order valence-corrected chi connectivity index (χ0v) is 16.2. The first-order chi connectivity index (χ1) is 14.1. The topological polar surface area (TPSA) is 98.7 Å². The van der Waals surface area contributed by atoms with Crippen LogP contribution in [0.4, 0.5) is 0 Å². The summed E-state index contributed by atoms with van der Waals surface area (Å²) >= 11 is 0. The molecule has 1 aromatic carbocycles. The number of imidazole rings is 1. The Morgan fingerprint density at radius 1 is 1.21 bits per heavy atom. The molecular weight excluding hydrogens is 368 g/mol. The lowest BCUT2D eigenvalue weighted by molar-refractivity contribution is 0.0946. The molecule has 0 aliphatic heterocycles. The van der Waals surface area contributed by atoms with Crippen molar-refractivity contribution in [1.29, 1.82) is 0 Å². The van der Waals surface area contributed by atoms with Gasteiger partial charge in [-0.25, -0.2) is 9.97 Å². The van der Waals surface area contributed by atoms with Crippen molar-refractivity contribution in [3.8, 4) is 17.3 Å². The van der Waals surface area contributed by atoms with Gasteiger partial charge in [0.1, 0.15) is 17.8 Å². The number of aromatic nitrogens is 5. The monoisotopic (exact) mass is 388 g/mol. The molecule has 0 atom stereocenters. The van der Waals surface area contributed by atoms with Gasteiger partial charge in [0.05, 0.1) is 0 Å². The van der Waals surface area contributed by atoms with Crippen LogP contribution < -0.4 is 5.32 Å². The molecule has 0 unspecified atom stereocenters. The van der Waals surface area contributed by atoms with Crippen LogP contribution >= 0.6 is 0 Å². The van der Waals surface area contributed by atoms with Crippen LogP contribution in [0.1, 0.15) is 34.4 Å². The maximum atomic E-state index is 12.4. The van der Waals surface area contributed by atoms with Crippen molar-refractivity contribution in [3.63, 3.8) is 0 Å². The summed E-state index contributed by atoms with van der Waals surface area (Å²) in [5.74, 6) is 1.44. The van der Waals surface area contributed by atoms with Crippen molar-refractivity contribution < 1.29 is 9.32 Å². The van der Waals surface area contributed by atoms with Gasteiger partial charge in [0.15, 0.2) is 5.82 Å². The number of hydrogen-bond donors (Lipinski definition) is 1. The van der Waals surface area contributed by atoms with E-state index in [4.69, 9.17) is 4.52 Å². The van der Waals surface area contributed by atoms with E-state index in [1.165, 1.54) is 0 Å². The summed E-state index contributed by atoms with van der Waals surface area (Å²) in [4.78, 5) is 25.3. The molecule has 0 saturated carbocycles. The molecule has 29 heavy (non-hydrogen) atoms. The number of pyridine rings is 1.